The first-order chi connectivity index (χ1) is 17.0. The highest BCUT2D eigenvalue weighted by Gasteiger charge is 2.27. The van der Waals surface area contributed by atoms with Crippen molar-refractivity contribution in [3.8, 4) is 11.4 Å². The summed E-state index contributed by atoms with van der Waals surface area (Å²) in [6, 6.07) is 0.0935. The smallest absolute Gasteiger partial charge is 0.341 e. The van der Waals surface area contributed by atoms with E-state index in [1.54, 1.807) is 32.4 Å². The summed E-state index contributed by atoms with van der Waals surface area (Å²) >= 11 is 4.04. The lowest BCUT2D eigenvalue weighted by atomic mass is 10.1. The fraction of sp³-hybridized carbons (Fsp3) is 0.458. The summed E-state index contributed by atoms with van der Waals surface area (Å²) in [5.41, 5.74) is 3.01. The van der Waals surface area contributed by atoms with Crippen molar-refractivity contribution in [1.82, 2.24) is 19.7 Å². The molecule has 0 spiro atoms. The summed E-state index contributed by atoms with van der Waals surface area (Å²) in [6.07, 6.45) is 0.904. The number of carbonyl (C=O) groups excluding carboxylic acids is 3. The van der Waals surface area contributed by atoms with Gasteiger partial charge in [0.15, 0.2) is 11.0 Å². The summed E-state index contributed by atoms with van der Waals surface area (Å²) in [5, 5.41) is 14.7. The molecule has 0 aliphatic heterocycles. The number of ether oxygens (including phenoxy) is 1. The van der Waals surface area contributed by atoms with Crippen molar-refractivity contribution in [3.05, 3.63) is 31.8 Å². The number of methoxy groups -OCH3 is 1. The van der Waals surface area contributed by atoms with E-state index in [1.165, 1.54) is 34.2 Å². The second-order valence-corrected chi connectivity index (χ2v) is 11.6. The van der Waals surface area contributed by atoms with Crippen molar-refractivity contribution in [2.45, 2.75) is 52.2 Å². The Morgan fingerprint density at radius 1 is 1.22 bits per heavy atom. The lowest BCUT2D eigenvalue weighted by molar-refractivity contribution is -0.113. The number of nitrogens with one attached hydrogen (secondary N) is 1. The highest BCUT2D eigenvalue weighted by Crippen LogP contribution is 2.36. The predicted octanol–water partition coefficient (Wildman–Crippen LogP) is 5.05. The van der Waals surface area contributed by atoms with E-state index < -0.39 is 5.97 Å². The summed E-state index contributed by atoms with van der Waals surface area (Å²) in [7, 11) is 4.53. The molecule has 0 atom stereocenters. The molecule has 36 heavy (non-hydrogen) atoms. The number of hydrogen-bond donors (Lipinski definition) is 1. The van der Waals surface area contributed by atoms with Gasteiger partial charge in [-0.05, 0) is 45.2 Å². The Morgan fingerprint density at radius 2 is 1.92 bits per heavy atom. The van der Waals surface area contributed by atoms with Crippen LogP contribution < -0.4 is 5.32 Å². The summed E-state index contributed by atoms with van der Waals surface area (Å²) in [4.78, 5) is 40.9. The molecule has 1 N–H and O–H groups in total. The average Bonchev–Trinajstić information content (AvgIpc) is 3.51. The minimum atomic E-state index is -0.605. The van der Waals surface area contributed by atoms with Crippen LogP contribution in [0, 0.1) is 13.8 Å². The van der Waals surface area contributed by atoms with Gasteiger partial charge in [-0.15, -0.1) is 32.9 Å². The maximum atomic E-state index is 12.9. The van der Waals surface area contributed by atoms with Gasteiger partial charge in [-0.2, -0.15) is 0 Å². The monoisotopic (exact) mass is 549 g/mol. The zero-order valence-corrected chi connectivity index (χ0v) is 24.2. The minimum Gasteiger partial charge on any atom is -0.465 e. The SMILES string of the molecule is CCc1c(-c2nnc(SCC(=O)Nc3sc(C(=O)N(C)C)c(C)c3C(=O)OC)n2C(C)C)csc1C. The Morgan fingerprint density at radius 3 is 2.50 bits per heavy atom. The average molecular weight is 550 g/mol. The first-order valence-electron chi connectivity index (χ1n) is 11.4. The van der Waals surface area contributed by atoms with Crippen molar-refractivity contribution in [3.63, 3.8) is 0 Å². The summed E-state index contributed by atoms with van der Waals surface area (Å²) in [6.45, 7) is 10.0. The third-order valence-electron chi connectivity index (χ3n) is 5.60. The standard InChI is InChI=1S/C24H31N5O4S3/c1-9-15-14(5)34-10-16(15)20-26-27-24(29(20)12(2)3)35-11-17(30)25-21-18(23(32)33-8)13(4)19(36-21)22(31)28(6)7/h10,12H,9,11H2,1-8H3,(H,25,30). The number of esters is 1. The first-order valence-corrected chi connectivity index (χ1v) is 14.1. The van der Waals surface area contributed by atoms with Crippen LogP contribution in [0.4, 0.5) is 5.00 Å². The molecule has 0 saturated carbocycles. The van der Waals surface area contributed by atoms with Crippen molar-refractivity contribution in [1.29, 1.82) is 0 Å². The molecule has 3 rings (SSSR count). The number of amides is 2. The highest BCUT2D eigenvalue weighted by atomic mass is 32.2. The van der Waals surface area contributed by atoms with Crippen molar-refractivity contribution < 1.29 is 19.1 Å². The second kappa shape index (κ2) is 11.6. The van der Waals surface area contributed by atoms with Gasteiger partial charge in [0.05, 0.1) is 23.3 Å². The molecule has 0 radical (unpaired) electrons. The number of nitrogens with zero attached hydrogens (tertiary/aromatic N) is 4. The van der Waals surface area contributed by atoms with Gasteiger partial charge in [0.25, 0.3) is 5.91 Å². The number of aromatic nitrogens is 3. The molecule has 0 aliphatic carbocycles. The van der Waals surface area contributed by atoms with Crippen molar-refractivity contribution in [2.75, 3.05) is 32.3 Å². The molecular weight excluding hydrogens is 518 g/mol. The summed E-state index contributed by atoms with van der Waals surface area (Å²) in [5.74, 6) is -0.321. The third kappa shape index (κ3) is 5.50. The van der Waals surface area contributed by atoms with Crippen LogP contribution in [0.15, 0.2) is 10.5 Å². The largest absolute Gasteiger partial charge is 0.465 e. The number of carbonyl (C=O) groups is 3. The van der Waals surface area contributed by atoms with E-state index >= 15 is 0 Å². The number of anilines is 1. The van der Waals surface area contributed by atoms with Gasteiger partial charge in [-0.25, -0.2) is 4.79 Å². The van der Waals surface area contributed by atoms with Gasteiger partial charge in [0.2, 0.25) is 5.91 Å². The number of aryl methyl sites for hydroxylation is 1. The molecule has 3 aromatic heterocycles. The van der Waals surface area contributed by atoms with E-state index in [1.807, 2.05) is 4.57 Å². The van der Waals surface area contributed by atoms with Gasteiger partial charge in [0, 0.05) is 36.0 Å². The van der Waals surface area contributed by atoms with E-state index in [9.17, 15) is 14.4 Å². The zero-order chi connectivity index (χ0) is 26.7. The van der Waals surface area contributed by atoms with E-state index in [0.717, 1.165) is 29.1 Å². The molecule has 0 saturated heterocycles. The van der Waals surface area contributed by atoms with Gasteiger partial charge in [-0.1, -0.05) is 18.7 Å². The predicted molar refractivity (Wildman–Crippen MR) is 146 cm³/mol. The molecule has 0 aromatic carbocycles. The van der Waals surface area contributed by atoms with E-state index in [0.29, 0.717) is 20.6 Å². The van der Waals surface area contributed by atoms with Crippen LogP contribution in [0.25, 0.3) is 11.4 Å². The topological polar surface area (TPSA) is 106 Å². The van der Waals surface area contributed by atoms with Crippen LogP contribution in [0.3, 0.4) is 0 Å². The van der Waals surface area contributed by atoms with Crippen molar-refractivity contribution in [2.24, 2.45) is 0 Å². The molecule has 0 fully saturated rings. The second-order valence-electron chi connectivity index (χ2n) is 8.60. The Bertz CT molecular complexity index is 1290. The fourth-order valence-corrected chi connectivity index (χ4v) is 6.82. The van der Waals surface area contributed by atoms with E-state index in [-0.39, 0.29) is 29.2 Å². The number of thioether (sulfide) groups is 1. The van der Waals surface area contributed by atoms with Crippen LogP contribution in [-0.4, -0.2) is 64.4 Å². The van der Waals surface area contributed by atoms with Crippen LogP contribution in [0.5, 0.6) is 0 Å². The molecule has 0 aliphatic rings. The van der Waals surface area contributed by atoms with Crippen LogP contribution in [-0.2, 0) is 16.0 Å². The van der Waals surface area contributed by atoms with E-state index in [4.69, 9.17) is 4.74 Å². The molecule has 12 heteroatoms. The van der Waals surface area contributed by atoms with Gasteiger partial charge in [-0.3, -0.25) is 14.2 Å². The summed E-state index contributed by atoms with van der Waals surface area (Å²) < 4.78 is 6.94. The van der Waals surface area contributed by atoms with Gasteiger partial charge in [0.1, 0.15) is 5.00 Å². The normalized spacial score (nSPS) is 11.1. The first kappa shape index (κ1) is 27.9. The number of thiophene rings is 2. The Labute approximate surface area is 223 Å². The maximum absolute atomic E-state index is 12.9. The third-order valence-corrected chi connectivity index (χ3v) is 8.69. The van der Waals surface area contributed by atoms with Crippen LogP contribution in [0.1, 0.15) is 62.8 Å². The highest BCUT2D eigenvalue weighted by molar-refractivity contribution is 7.99. The zero-order valence-electron chi connectivity index (χ0n) is 21.7. The van der Waals surface area contributed by atoms with Crippen LogP contribution >= 0.6 is 34.4 Å². The quantitative estimate of drug-likeness (QED) is 0.294. The molecule has 2 amide bonds. The number of rotatable bonds is 9. The Balaban J connectivity index is 1.84. The van der Waals surface area contributed by atoms with Crippen molar-refractivity contribution >= 4 is 57.2 Å². The molecule has 3 heterocycles. The fourth-order valence-electron chi connectivity index (χ4n) is 3.78. The Hall–Kier alpha value is -2.70. The van der Waals surface area contributed by atoms with Gasteiger partial charge >= 0.3 is 5.97 Å². The maximum Gasteiger partial charge on any atom is 0.341 e. The molecule has 194 valence electrons. The Kier molecular flexibility index (Phi) is 8.96. The molecular formula is C24H31N5O4S3. The molecule has 9 nitrogen and oxygen atoms in total. The lowest BCUT2D eigenvalue weighted by Crippen LogP contribution is -2.21. The van der Waals surface area contributed by atoms with Crippen LogP contribution in [0.2, 0.25) is 0 Å². The van der Waals surface area contributed by atoms with E-state index in [2.05, 4.69) is 48.6 Å². The lowest BCUT2D eigenvalue weighted by Gasteiger charge is -2.14. The molecule has 0 unspecified atom stereocenters. The molecule has 0 bridgehead atoms. The minimum absolute atomic E-state index is 0.0582. The number of hydrogen-bond acceptors (Lipinski definition) is 9. The molecule has 3 aromatic rings. The van der Waals surface area contributed by atoms with Gasteiger partial charge < -0.3 is 15.0 Å².